The molecule has 0 saturated heterocycles. The summed E-state index contributed by atoms with van der Waals surface area (Å²) in [5.74, 6) is -2.33. The lowest BCUT2D eigenvalue weighted by molar-refractivity contribution is -0.138. The first kappa shape index (κ1) is 22.3. The minimum Gasteiger partial charge on any atom is -0.381 e. The van der Waals surface area contributed by atoms with Crippen molar-refractivity contribution in [1.82, 2.24) is 10.3 Å². The van der Waals surface area contributed by atoms with Gasteiger partial charge in [0.2, 0.25) is 0 Å². The molecule has 170 valence electrons. The molecule has 1 amide bonds. The van der Waals surface area contributed by atoms with Gasteiger partial charge in [-0.25, -0.2) is 8.78 Å². The highest BCUT2D eigenvalue weighted by atomic mass is 19.4. The number of H-pyrrole nitrogens is 1. The van der Waals surface area contributed by atoms with Gasteiger partial charge in [0.1, 0.15) is 17.2 Å². The first-order valence-electron chi connectivity index (χ1n) is 10.1. The van der Waals surface area contributed by atoms with Crippen molar-refractivity contribution in [1.29, 1.82) is 0 Å². The monoisotopic (exact) mass is 452 g/mol. The highest BCUT2D eigenvalue weighted by Crippen LogP contribution is 2.46. The van der Waals surface area contributed by atoms with Crippen molar-refractivity contribution < 1.29 is 31.9 Å². The Morgan fingerprint density at radius 3 is 2.28 bits per heavy atom. The standard InChI is InChI=1S/C23H21F5N2O2/c1-22(2,32)21(31)29-15-7-12(8-15)18-16-9-13(23(26,27)28)10-17(25)20(16)30-19(18)11-3-5-14(24)6-4-11/h3-6,9-10,12,15,30,32H,7-8H2,1-2H3,(H,29,31). The molecule has 1 aliphatic rings. The van der Waals surface area contributed by atoms with Crippen LogP contribution in [0.2, 0.25) is 0 Å². The Morgan fingerprint density at radius 1 is 1.09 bits per heavy atom. The maximum absolute atomic E-state index is 14.6. The molecule has 0 spiro atoms. The smallest absolute Gasteiger partial charge is 0.381 e. The molecule has 3 N–H and O–H groups in total. The summed E-state index contributed by atoms with van der Waals surface area (Å²) in [5.41, 5.74) is -1.30. The number of fused-ring (bicyclic) bond motifs is 1. The van der Waals surface area contributed by atoms with Crippen LogP contribution in [0.4, 0.5) is 22.0 Å². The van der Waals surface area contributed by atoms with Gasteiger partial charge in [-0.05, 0) is 80.1 Å². The lowest BCUT2D eigenvalue weighted by atomic mass is 9.74. The number of amides is 1. The lowest BCUT2D eigenvalue weighted by Crippen LogP contribution is -2.50. The summed E-state index contributed by atoms with van der Waals surface area (Å²) in [4.78, 5) is 14.9. The van der Waals surface area contributed by atoms with Crippen molar-refractivity contribution in [2.75, 3.05) is 0 Å². The molecule has 1 aliphatic carbocycles. The second kappa shape index (κ2) is 7.58. The summed E-state index contributed by atoms with van der Waals surface area (Å²) in [6.45, 7) is 2.71. The second-order valence-corrected chi connectivity index (χ2v) is 8.70. The van der Waals surface area contributed by atoms with Crippen molar-refractivity contribution in [3.8, 4) is 11.3 Å². The predicted octanol–water partition coefficient (Wildman–Crippen LogP) is 5.27. The van der Waals surface area contributed by atoms with Gasteiger partial charge in [0.15, 0.2) is 0 Å². The Labute approximate surface area is 180 Å². The zero-order chi connectivity index (χ0) is 23.4. The molecule has 1 saturated carbocycles. The van der Waals surface area contributed by atoms with E-state index in [4.69, 9.17) is 0 Å². The second-order valence-electron chi connectivity index (χ2n) is 8.70. The molecule has 1 fully saturated rings. The van der Waals surface area contributed by atoms with Crippen molar-refractivity contribution in [3.63, 3.8) is 0 Å². The van der Waals surface area contributed by atoms with Gasteiger partial charge in [-0.1, -0.05) is 0 Å². The van der Waals surface area contributed by atoms with Gasteiger partial charge in [0.05, 0.1) is 16.8 Å². The zero-order valence-corrected chi connectivity index (χ0v) is 17.3. The number of alkyl halides is 3. The van der Waals surface area contributed by atoms with Gasteiger partial charge >= 0.3 is 6.18 Å². The van der Waals surface area contributed by atoms with E-state index in [1.54, 1.807) is 0 Å². The first-order valence-corrected chi connectivity index (χ1v) is 10.1. The van der Waals surface area contributed by atoms with Crippen LogP contribution in [0.1, 0.15) is 43.7 Å². The Bertz CT molecular complexity index is 1170. The number of carbonyl (C=O) groups is 1. The number of nitrogens with one attached hydrogen (secondary N) is 2. The zero-order valence-electron chi connectivity index (χ0n) is 17.3. The van der Waals surface area contributed by atoms with Crippen LogP contribution in [0, 0.1) is 11.6 Å². The minimum absolute atomic E-state index is 0.0590. The van der Waals surface area contributed by atoms with Crippen LogP contribution in [-0.4, -0.2) is 27.6 Å². The molecule has 0 bridgehead atoms. The van der Waals surface area contributed by atoms with Crippen molar-refractivity contribution >= 4 is 16.8 Å². The fourth-order valence-electron chi connectivity index (χ4n) is 4.04. The highest BCUT2D eigenvalue weighted by molar-refractivity contribution is 5.93. The molecule has 32 heavy (non-hydrogen) atoms. The van der Waals surface area contributed by atoms with Crippen LogP contribution in [0.5, 0.6) is 0 Å². The number of hydrogen-bond donors (Lipinski definition) is 3. The number of aromatic amines is 1. The fourth-order valence-corrected chi connectivity index (χ4v) is 4.04. The van der Waals surface area contributed by atoms with Gasteiger partial charge in [0, 0.05) is 11.4 Å². The average molecular weight is 452 g/mol. The summed E-state index contributed by atoms with van der Waals surface area (Å²) in [5, 5.41) is 12.6. The summed E-state index contributed by atoms with van der Waals surface area (Å²) >= 11 is 0. The van der Waals surface area contributed by atoms with E-state index in [0.717, 1.165) is 6.07 Å². The third-order valence-corrected chi connectivity index (χ3v) is 5.80. The molecule has 4 nitrogen and oxygen atoms in total. The number of carbonyl (C=O) groups excluding carboxylic acids is 1. The molecule has 9 heteroatoms. The van der Waals surface area contributed by atoms with Crippen molar-refractivity contribution in [2.24, 2.45) is 0 Å². The summed E-state index contributed by atoms with van der Waals surface area (Å²) < 4.78 is 68.0. The predicted molar refractivity (Wildman–Crippen MR) is 109 cm³/mol. The molecule has 1 aromatic heterocycles. The van der Waals surface area contributed by atoms with E-state index in [2.05, 4.69) is 10.3 Å². The molecule has 2 aromatic carbocycles. The number of benzene rings is 2. The summed E-state index contributed by atoms with van der Waals surface area (Å²) in [6, 6.07) is 6.46. The van der Waals surface area contributed by atoms with E-state index < -0.39 is 34.9 Å². The van der Waals surface area contributed by atoms with E-state index in [1.807, 2.05) is 0 Å². The Kier molecular flexibility index (Phi) is 5.27. The van der Waals surface area contributed by atoms with Crippen LogP contribution in [0.3, 0.4) is 0 Å². The molecule has 0 aliphatic heterocycles. The Balaban J connectivity index is 1.77. The summed E-state index contributed by atoms with van der Waals surface area (Å²) in [7, 11) is 0. The van der Waals surface area contributed by atoms with Crippen LogP contribution in [0.15, 0.2) is 36.4 Å². The Hall–Kier alpha value is -2.94. The maximum atomic E-state index is 14.6. The molecular formula is C23H21F5N2O2. The minimum atomic E-state index is -4.72. The van der Waals surface area contributed by atoms with Gasteiger partial charge in [-0.2, -0.15) is 13.2 Å². The number of halogens is 5. The lowest BCUT2D eigenvalue weighted by Gasteiger charge is -2.37. The number of aliphatic hydroxyl groups is 1. The van der Waals surface area contributed by atoms with E-state index in [-0.39, 0.29) is 22.9 Å². The third kappa shape index (κ3) is 4.09. The maximum Gasteiger partial charge on any atom is 0.416 e. The molecule has 0 atom stereocenters. The van der Waals surface area contributed by atoms with Gasteiger partial charge < -0.3 is 15.4 Å². The van der Waals surface area contributed by atoms with Crippen molar-refractivity contribution in [2.45, 2.75) is 50.4 Å². The highest BCUT2D eigenvalue weighted by Gasteiger charge is 2.38. The van der Waals surface area contributed by atoms with Crippen LogP contribution >= 0.6 is 0 Å². The quantitative estimate of drug-likeness (QED) is 0.473. The van der Waals surface area contributed by atoms with Crippen molar-refractivity contribution in [3.05, 3.63) is 59.2 Å². The SMILES string of the molecule is CC(C)(O)C(=O)NC1CC(c2c(-c3ccc(F)cc3)[nH]c3c(F)cc(C(F)(F)F)cc23)C1. The van der Waals surface area contributed by atoms with Gasteiger partial charge in [0.25, 0.3) is 5.91 Å². The molecule has 3 aromatic rings. The van der Waals surface area contributed by atoms with E-state index in [1.165, 1.54) is 38.1 Å². The Morgan fingerprint density at radius 2 is 1.72 bits per heavy atom. The number of hydrogen-bond acceptors (Lipinski definition) is 2. The topological polar surface area (TPSA) is 65.1 Å². The van der Waals surface area contributed by atoms with Crippen LogP contribution in [0.25, 0.3) is 22.2 Å². The van der Waals surface area contributed by atoms with E-state index in [0.29, 0.717) is 35.7 Å². The first-order chi connectivity index (χ1) is 14.8. The number of rotatable bonds is 4. The molecule has 0 unspecified atom stereocenters. The van der Waals surface area contributed by atoms with E-state index >= 15 is 0 Å². The van der Waals surface area contributed by atoms with E-state index in [9.17, 15) is 31.9 Å². The number of aromatic nitrogens is 1. The largest absolute Gasteiger partial charge is 0.416 e. The van der Waals surface area contributed by atoms with Crippen LogP contribution < -0.4 is 5.32 Å². The molecular weight excluding hydrogens is 431 g/mol. The molecule has 0 radical (unpaired) electrons. The average Bonchev–Trinajstić information content (AvgIpc) is 3.03. The molecule has 4 rings (SSSR count). The summed E-state index contributed by atoms with van der Waals surface area (Å²) in [6.07, 6.45) is -3.91. The fraction of sp³-hybridized carbons (Fsp3) is 0.348. The van der Waals surface area contributed by atoms with Crippen LogP contribution in [-0.2, 0) is 11.0 Å². The third-order valence-electron chi connectivity index (χ3n) is 5.80. The normalized spacial score (nSPS) is 19.1. The van der Waals surface area contributed by atoms with Gasteiger partial charge in [-0.15, -0.1) is 0 Å². The van der Waals surface area contributed by atoms with Gasteiger partial charge in [-0.3, -0.25) is 4.79 Å². The molecule has 1 heterocycles.